The molecule has 1 saturated heterocycles. The number of hydrogen-bond acceptors (Lipinski definition) is 6. The van der Waals surface area contributed by atoms with E-state index in [2.05, 4.69) is 4.98 Å². The number of carbonyl (C=O) groups excluding carboxylic acids is 1. The van der Waals surface area contributed by atoms with E-state index in [4.69, 9.17) is 9.47 Å². The zero-order valence-electron chi connectivity index (χ0n) is 24.4. The molecule has 5 rings (SSSR count). The van der Waals surface area contributed by atoms with E-state index in [9.17, 15) is 19.1 Å². The summed E-state index contributed by atoms with van der Waals surface area (Å²) in [5.41, 5.74) is 1.51. The third kappa shape index (κ3) is 6.15. The number of amides is 1. The number of carbonyl (C=O) groups is 1. The standard InChI is InChI=1S/C32H38FN3O5/c1-19-13-22(33)14-20(2)30(19)41-31-25(15-21(17-34-31)32(3,4)39)26-18-35(5)29(38)16-27(26)40-24-10-8-23(9-11-24)36-12-6-7-28(36)37/h13-18,23-24,39H,6-12H2,1-5H3/t23-,24-. The van der Waals surface area contributed by atoms with Gasteiger partial charge in [-0.15, -0.1) is 0 Å². The molecule has 218 valence electrons. The Balaban J connectivity index is 1.51. The van der Waals surface area contributed by atoms with Gasteiger partial charge in [-0.25, -0.2) is 9.37 Å². The van der Waals surface area contributed by atoms with Gasteiger partial charge in [0, 0.05) is 61.2 Å². The van der Waals surface area contributed by atoms with Crippen LogP contribution in [0.5, 0.6) is 17.4 Å². The molecular weight excluding hydrogens is 525 g/mol. The van der Waals surface area contributed by atoms with Crippen molar-refractivity contribution < 1.29 is 23.8 Å². The zero-order valence-corrected chi connectivity index (χ0v) is 24.4. The van der Waals surface area contributed by atoms with Gasteiger partial charge in [-0.05, 0) is 89.1 Å². The molecular formula is C32H38FN3O5. The van der Waals surface area contributed by atoms with Gasteiger partial charge >= 0.3 is 0 Å². The van der Waals surface area contributed by atoms with Crippen LogP contribution in [0.3, 0.4) is 0 Å². The first-order valence-electron chi connectivity index (χ1n) is 14.3. The maximum atomic E-state index is 14.0. The fourth-order valence-electron chi connectivity index (χ4n) is 5.84. The van der Waals surface area contributed by atoms with Crippen LogP contribution in [-0.2, 0) is 17.4 Å². The Kier molecular flexibility index (Phi) is 7.92. The zero-order chi connectivity index (χ0) is 29.5. The van der Waals surface area contributed by atoms with E-state index in [0.29, 0.717) is 45.7 Å². The van der Waals surface area contributed by atoms with Gasteiger partial charge in [0.2, 0.25) is 11.8 Å². The van der Waals surface area contributed by atoms with E-state index in [1.165, 1.54) is 22.8 Å². The minimum Gasteiger partial charge on any atom is -0.490 e. The SMILES string of the molecule is Cc1cc(F)cc(C)c1Oc1ncc(C(C)(C)O)cc1-c1cn(C)c(=O)cc1O[C@H]1CC[C@H](N2CCCC2=O)CC1. The summed E-state index contributed by atoms with van der Waals surface area (Å²) in [6, 6.07) is 6.31. The highest BCUT2D eigenvalue weighted by Gasteiger charge is 2.32. The second-order valence-corrected chi connectivity index (χ2v) is 11.8. The summed E-state index contributed by atoms with van der Waals surface area (Å²) in [6.45, 7) is 7.70. The highest BCUT2D eigenvalue weighted by Crippen LogP contribution is 2.41. The molecule has 1 aliphatic heterocycles. The Hall–Kier alpha value is -3.72. The molecule has 2 aliphatic rings. The van der Waals surface area contributed by atoms with Crippen LogP contribution in [0.25, 0.3) is 11.1 Å². The van der Waals surface area contributed by atoms with Crippen LogP contribution in [0.15, 0.2) is 41.5 Å². The van der Waals surface area contributed by atoms with Gasteiger partial charge in [0.1, 0.15) is 17.3 Å². The van der Waals surface area contributed by atoms with Crippen molar-refractivity contribution in [3.8, 4) is 28.5 Å². The van der Waals surface area contributed by atoms with E-state index < -0.39 is 5.60 Å². The van der Waals surface area contributed by atoms with E-state index >= 15 is 0 Å². The Labute approximate surface area is 239 Å². The van der Waals surface area contributed by atoms with Crippen LogP contribution >= 0.6 is 0 Å². The maximum Gasteiger partial charge on any atom is 0.254 e. The van der Waals surface area contributed by atoms with Crippen molar-refractivity contribution in [1.29, 1.82) is 0 Å². The van der Waals surface area contributed by atoms with Crippen molar-refractivity contribution >= 4 is 5.91 Å². The molecule has 1 saturated carbocycles. The highest BCUT2D eigenvalue weighted by molar-refractivity contribution is 5.78. The molecule has 9 heteroatoms. The van der Waals surface area contributed by atoms with Crippen molar-refractivity contribution in [3.05, 3.63) is 69.5 Å². The van der Waals surface area contributed by atoms with E-state index in [-0.39, 0.29) is 35.3 Å². The van der Waals surface area contributed by atoms with Gasteiger partial charge in [-0.3, -0.25) is 9.59 Å². The molecule has 2 aromatic heterocycles. The number of halogens is 1. The molecule has 3 heterocycles. The first-order valence-corrected chi connectivity index (χ1v) is 14.3. The molecule has 1 N–H and O–H groups in total. The quantitative estimate of drug-likeness (QED) is 0.406. The van der Waals surface area contributed by atoms with Gasteiger partial charge in [-0.2, -0.15) is 0 Å². The smallest absolute Gasteiger partial charge is 0.254 e. The van der Waals surface area contributed by atoms with Gasteiger partial charge in [0.15, 0.2) is 0 Å². The summed E-state index contributed by atoms with van der Waals surface area (Å²) < 4.78 is 28.3. The molecule has 1 aliphatic carbocycles. The highest BCUT2D eigenvalue weighted by atomic mass is 19.1. The Morgan fingerprint density at radius 1 is 1.02 bits per heavy atom. The van der Waals surface area contributed by atoms with Crippen molar-refractivity contribution in [2.45, 2.75) is 84.0 Å². The molecule has 8 nitrogen and oxygen atoms in total. The third-order valence-electron chi connectivity index (χ3n) is 8.15. The number of aryl methyl sites for hydroxylation is 3. The van der Waals surface area contributed by atoms with Gasteiger partial charge in [0.05, 0.1) is 11.7 Å². The predicted octanol–water partition coefficient (Wildman–Crippen LogP) is 5.54. The first-order chi connectivity index (χ1) is 19.4. The van der Waals surface area contributed by atoms with E-state index in [1.807, 2.05) is 4.90 Å². The summed E-state index contributed by atoms with van der Waals surface area (Å²) in [5.74, 6) is 1.02. The number of aliphatic hydroxyl groups is 1. The van der Waals surface area contributed by atoms with Crippen LogP contribution in [0, 0.1) is 19.7 Å². The lowest BCUT2D eigenvalue weighted by atomic mass is 9.91. The van der Waals surface area contributed by atoms with Crippen LogP contribution in [0.4, 0.5) is 4.39 Å². The summed E-state index contributed by atoms with van der Waals surface area (Å²) in [6.07, 6.45) is 7.91. The second kappa shape index (κ2) is 11.3. The second-order valence-electron chi connectivity index (χ2n) is 11.8. The lowest BCUT2D eigenvalue weighted by Crippen LogP contribution is -2.40. The molecule has 1 aromatic carbocycles. The number of likely N-dealkylation sites (tertiary alicyclic amines) is 1. The van der Waals surface area contributed by atoms with Crippen LogP contribution < -0.4 is 15.0 Å². The summed E-state index contributed by atoms with van der Waals surface area (Å²) in [5, 5.41) is 10.8. The number of pyridine rings is 2. The molecule has 0 unspecified atom stereocenters. The average Bonchev–Trinajstić information content (AvgIpc) is 3.34. The molecule has 2 fully saturated rings. The first kappa shape index (κ1) is 28.8. The molecule has 1 amide bonds. The fraction of sp³-hybridized carbons (Fsp3) is 0.469. The third-order valence-corrected chi connectivity index (χ3v) is 8.15. The Morgan fingerprint density at radius 2 is 1.71 bits per heavy atom. The monoisotopic (exact) mass is 563 g/mol. The molecule has 0 atom stereocenters. The minimum atomic E-state index is -1.19. The van der Waals surface area contributed by atoms with E-state index in [1.54, 1.807) is 53.2 Å². The average molecular weight is 564 g/mol. The lowest BCUT2D eigenvalue weighted by Gasteiger charge is -2.35. The predicted molar refractivity (Wildman–Crippen MR) is 154 cm³/mol. The number of benzene rings is 1. The number of rotatable bonds is 7. The van der Waals surface area contributed by atoms with E-state index in [0.717, 1.165) is 38.6 Å². The summed E-state index contributed by atoms with van der Waals surface area (Å²) in [4.78, 5) is 31.6. The number of aromatic nitrogens is 2. The van der Waals surface area contributed by atoms with Crippen LogP contribution in [-0.4, -0.2) is 44.2 Å². The summed E-state index contributed by atoms with van der Waals surface area (Å²) >= 11 is 0. The molecule has 0 radical (unpaired) electrons. The molecule has 0 spiro atoms. The van der Waals surface area contributed by atoms with Gasteiger partial charge < -0.3 is 24.0 Å². The van der Waals surface area contributed by atoms with Crippen LogP contribution in [0.2, 0.25) is 0 Å². The number of nitrogens with zero attached hydrogens (tertiary/aromatic N) is 3. The molecule has 41 heavy (non-hydrogen) atoms. The number of hydrogen-bond donors (Lipinski definition) is 1. The van der Waals surface area contributed by atoms with Gasteiger partial charge in [-0.1, -0.05) is 0 Å². The molecule has 3 aromatic rings. The number of ether oxygens (including phenoxy) is 2. The summed E-state index contributed by atoms with van der Waals surface area (Å²) in [7, 11) is 1.66. The minimum absolute atomic E-state index is 0.119. The maximum absolute atomic E-state index is 14.0. The van der Waals surface area contributed by atoms with Crippen molar-refractivity contribution in [3.63, 3.8) is 0 Å². The Bertz CT molecular complexity index is 1500. The topological polar surface area (TPSA) is 93.9 Å². The lowest BCUT2D eigenvalue weighted by molar-refractivity contribution is -0.130. The van der Waals surface area contributed by atoms with Crippen molar-refractivity contribution in [2.75, 3.05) is 6.54 Å². The normalized spacial score (nSPS) is 19.5. The largest absolute Gasteiger partial charge is 0.490 e. The van der Waals surface area contributed by atoms with Crippen molar-refractivity contribution in [1.82, 2.24) is 14.5 Å². The van der Waals surface area contributed by atoms with Gasteiger partial charge in [0.25, 0.3) is 5.56 Å². The Morgan fingerprint density at radius 3 is 2.32 bits per heavy atom. The van der Waals surface area contributed by atoms with Crippen LogP contribution in [0.1, 0.15) is 69.1 Å². The van der Waals surface area contributed by atoms with Crippen molar-refractivity contribution in [2.24, 2.45) is 7.05 Å². The molecule has 0 bridgehead atoms. The fourth-order valence-corrected chi connectivity index (χ4v) is 5.84.